The van der Waals surface area contributed by atoms with Gasteiger partial charge in [0.25, 0.3) is 5.91 Å². The van der Waals surface area contributed by atoms with Gasteiger partial charge in [-0.05, 0) is 44.7 Å². The average Bonchev–Trinajstić information content (AvgIpc) is 3.08. The van der Waals surface area contributed by atoms with Crippen LogP contribution in [0.2, 0.25) is 0 Å². The molecular formula is C19H27N3O2. The summed E-state index contributed by atoms with van der Waals surface area (Å²) in [5.74, 6) is 0.136. The number of hydrogen-bond acceptors (Lipinski definition) is 3. The second kappa shape index (κ2) is 7.24. The summed E-state index contributed by atoms with van der Waals surface area (Å²) in [5.41, 5.74) is 3.02. The molecule has 3 rings (SSSR count). The molecular weight excluding hydrogens is 302 g/mol. The van der Waals surface area contributed by atoms with Crippen molar-refractivity contribution in [1.82, 2.24) is 10.2 Å². The minimum absolute atomic E-state index is 0.00906. The van der Waals surface area contributed by atoms with Gasteiger partial charge in [0.05, 0.1) is 5.56 Å². The van der Waals surface area contributed by atoms with Crippen molar-refractivity contribution in [3.8, 4) is 0 Å². The van der Waals surface area contributed by atoms with E-state index < -0.39 is 0 Å². The van der Waals surface area contributed by atoms with Crippen molar-refractivity contribution < 1.29 is 9.59 Å². The maximum absolute atomic E-state index is 13.1. The van der Waals surface area contributed by atoms with Crippen LogP contribution in [-0.4, -0.2) is 48.9 Å². The largest absolute Gasteiger partial charge is 0.371 e. The number of benzene rings is 1. The molecule has 5 nitrogen and oxygen atoms in total. The molecule has 5 heteroatoms. The molecule has 0 radical (unpaired) electrons. The number of carbonyl (C=O) groups excluding carboxylic acids is 2. The lowest BCUT2D eigenvalue weighted by Gasteiger charge is -2.33. The van der Waals surface area contributed by atoms with Gasteiger partial charge in [-0.15, -0.1) is 0 Å². The summed E-state index contributed by atoms with van der Waals surface area (Å²) >= 11 is 0. The number of nitrogens with zero attached hydrogens (tertiary/aromatic N) is 2. The molecule has 2 aliphatic rings. The molecule has 2 amide bonds. The monoisotopic (exact) mass is 329 g/mol. The minimum atomic E-state index is 0.00906. The van der Waals surface area contributed by atoms with Gasteiger partial charge in [-0.2, -0.15) is 0 Å². The summed E-state index contributed by atoms with van der Waals surface area (Å²) in [6.45, 7) is 7.07. The predicted octanol–water partition coefficient (Wildman–Crippen LogP) is 2.34. The van der Waals surface area contributed by atoms with E-state index >= 15 is 0 Å². The number of anilines is 1. The molecule has 0 atom stereocenters. The lowest BCUT2D eigenvalue weighted by Crippen LogP contribution is -2.46. The van der Waals surface area contributed by atoms with E-state index in [9.17, 15) is 9.59 Å². The number of aryl methyl sites for hydroxylation is 1. The molecule has 0 aromatic heterocycles. The fourth-order valence-corrected chi connectivity index (χ4v) is 3.74. The third-order valence-electron chi connectivity index (χ3n) is 5.02. The third-order valence-corrected chi connectivity index (χ3v) is 5.02. The first-order valence-corrected chi connectivity index (χ1v) is 8.96. The molecule has 0 aliphatic carbocycles. The van der Waals surface area contributed by atoms with E-state index in [0.717, 1.165) is 42.7 Å². The van der Waals surface area contributed by atoms with E-state index in [1.54, 1.807) is 6.92 Å². The molecule has 0 saturated carbocycles. The van der Waals surface area contributed by atoms with Crippen LogP contribution in [0, 0.1) is 6.92 Å². The number of hydrogen-bond donors (Lipinski definition) is 1. The van der Waals surface area contributed by atoms with E-state index in [2.05, 4.69) is 22.3 Å². The van der Waals surface area contributed by atoms with Crippen LogP contribution in [0.4, 0.5) is 5.69 Å². The van der Waals surface area contributed by atoms with Crippen LogP contribution in [0.1, 0.15) is 48.5 Å². The zero-order valence-electron chi connectivity index (χ0n) is 14.7. The molecule has 2 fully saturated rings. The van der Waals surface area contributed by atoms with Gasteiger partial charge in [0.15, 0.2) is 0 Å². The van der Waals surface area contributed by atoms with Crippen LogP contribution >= 0.6 is 0 Å². The lowest BCUT2D eigenvalue weighted by atomic mass is 10.0. The Morgan fingerprint density at radius 3 is 2.38 bits per heavy atom. The Balaban J connectivity index is 1.73. The molecule has 0 unspecified atom stereocenters. The Hall–Kier alpha value is -2.04. The van der Waals surface area contributed by atoms with Gasteiger partial charge in [-0.25, -0.2) is 0 Å². The molecule has 24 heavy (non-hydrogen) atoms. The van der Waals surface area contributed by atoms with Gasteiger partial charge in [0, 0.05) is 44.8 Å². The molecule has 2 heterocycles. The smallest absolute Gasteiger partial charge is 0.255 e. The highest BCUT2D eigenvalue weighted by Gasteiger charge is 2.27. The average molecular weight is 329 g/mol. The second-order valence-electron chi connectivity index (χ2n) is 6.98. The molecule has 130 valence electrons. The van der Waals surface area contributed by atoms with Crippen molar-refractivity contribution in [3.63, 3.8) is 0 Å². The Labute approximate surface area is 144 Å². The van der Waals surface area contributed by atoms with Gasteiger partial charge in [-0.1, -0.05) is 11.6 Å². The van der Waals surface area contributed by atoms with E-state index in [-0.39, 0.29) is 17.9 Å². The van der Waals surface area contributed by atoms with Crippen LogP contribution < -0.4 is 10.2 Å². The fraction of sp³-hybridized carbons (Fsp3) is 0.579. The second-order valence-corrected chi connectivity index (χ2v) is 6.98. The van der Waals surface area contributed by atoms with E-state index in [1.165, 1.54) is 12.8 Å². The van der Waals surface area contributed by atoms with Gasteiger partial charge < -0.3 is 15.1 Å². The van der Waals surface area contributed by atoms with Crippen molar-refractivity contribution in [2.45, 2.75) is 45.6 Å². The van der Waals surface area contributed by atoms with E-state index in [4.69, 9.17) is 0 Å². The Morgan fingerprint density at radius 1 is 1.08 bits per heavy atom. The summed E-state index contributed by atoms with van der Waals surface area (Å²) in [5, 5.41) is 2.96. The van der Waals surface area contributed by atoms with Gasteiger partial charge in [0.1, 0.15) is 0 Å². The lowest BCUT2D eigenvalue weighted by molar-refractivity contribution is -0.119. The van der Waals surface area contributed by atoms with Crippen molar-refractivity contribution in [3.05, 3.63) is 29.3 Å². The van der Waals surface area contributed by atoms with Crippen molar-refractivity contribution in [2.75, 3.05) is 31.1 Å². The number of likely N-dealkylation sites (tertiary alicyclic amines) is 1. The Morgan fingerprint density at radius 2 is 1.75 bits per heavy atom. The summed E-state index contributed by atoms with van der Waals surface area (Å²) in [6, 6.07) is 6.41. The highest BCUT2D eigenvalue weighted by molar-refractivity contribution is 6.00. The summed E-state index contributed by atoms with van der Waals surface area (Å²) < 4.78 is 0. The minimum Gasteiger partial charge on any atom is -0.371 e. The van der Waals surface area contributed by atoms with Crippen LogP contribution in [0.15, 0.2) is 18.2 Å². The summed E-state index contributed by atoms with van der Waals surface area (Å²) in [6.07, 6.45) is 4.06. The zero-order valence-corrected chi connectivity index (χ0v) is 14.7. The molecule has 2 aliphatic heterocycles. The first-order valence-electron chi connectivity index (χ1n) is 8.96. The standard InChI is InChI=1S/C19H27N3O2/c1-14-5-6-18(21-9-3-4-10-21)17(13-14)19(24)22-11-7-16(8-12-22)20-15(2)23/h5-6,13,16H,3-4,7-12H2,1-2H3,(H,20,23). The van der Waals surface area contributed by atoms with Crippen LogP contribution in [0.25, 0.3) is 0 Å². The number of piperidine rings is 1. The summed E-state index contributed by atoms with van der Waals surface area (Å²) in [4.78, 5) is 28.5. The van der Waals surface area contributed by atoms with Crippen molar-refractivity contribution in [1.29, 1.82) is 0 Å². The normalized spacial score (nSPS) is 18.8. The first-order chi connectivity index (χ1) is 11.5. The van der Waals surface area contributed by atoms with Crippen molar-refractivity contribution in [2.24, 2.45) is 0 Å². The summed E-state index contributed by atoms with van der Waals surface area (Å²) in [7, 11) is 0. The van der Waals surface area contributed by atoms with E-state index in [0.29, 0.717) is 13.1 Å². The quantitative estimate of drug-likeness (QED) is 0.926. The zero-order chi connectivity index (χ0) is 17.1. The highest BCUT2D eigenvalue weighted by atomic mass is 16.2. The van der Waals surface area contributed by atoms with Crippen molar-refractivity contribution >= 4 is 17.5 Å². The van der Waals surface area contributed by atoms with E-state index in [1.807, 2.05) is 17.9 Å². The van der Waals surface area contributed by atoms with Crippen LogP contribution in [0.3, 0.4) is 0 Å². The number of nitrogens with one attached hydrogen (secondary N) is 1. The van der Waals surface area contributed by atoms with Crippen LogP contribution in [0.5, 0.6) is 0 Å². The Bertz CT molecular complexity index is 615. The predicted molar refractivity (Wildman–Crippen MR) is 95.4 cm³/mol. The first kappa shape index (κ1) is 16.8. The highest BCUT2D eigenvalue weighted by Crippen LogP contribution is 2.27. The number of rotatable bonds is 3. The topological polar surface area (TPSA) is 52.7 Å². The molecule has 1 aromatic carbocycles. The van der Waals surface area contributed by atoms with Gasteiger partial charge in [0.2, 0.25) is 5.91 Å². The molecule has 1 aromatic rings. The molecule has 2 saturated heterocycles. The Kier molecular flexibility index (Phi) is 5.07. The maximum atomic E-state index is 13.1. The number of carbonyl (C=O) groups is 2. The molecule has 0 bridgehead atoms. The third kappa shape index (κ3) is 3.71. The molecule has 0 spiro atoms. The SMILES string of the molecule is CC(=O)NC1CCN(C(=O)c2cc(C)ccc2N2CCCC2)CC1. The van der Waals surface area contributed by atoms with Crippen LogP contribution in [-0.2, 0) is 4.79 Å². The number of amides is 2. The molecule has 1 N–H and O–H groups in total. The fourth-order valence-electron chi connectivity index (χ4n) is 3.74. The van der Waals surface area contributed by atoms with Gasteiger partial charge in [-0.3, -0.25) is 9.59 Å². The van der Waals surface area contributed by atoms with Gasteiger partial charge >= 0.3 is 0 Å². The maximum Gasteiger partial charge on any atom is 0.255 e.